The van der Waals surface area contributed by atoms with Crippen molar-refractivity contribution >= 4 is 5.78 Å². The molecular formula is C17H20N4O. The number of aryl methyl sites for hydroxylation is 2. The first kappa shape index (κ1) is 14.5. The Morgan fingerprint density at radius 1 is 1.09 bits per heavy atom. The van der Waals surface area contributed by atoms with Gasteiger partial charge in [-0.1, -0.05) is 0 Å². The van der Waals surface area contributed by atoms with Gasteiger partial charge in [-0.3, -0.25) is 4.40 Å². The van der Waals surface area contributed by atoms with Gasteiger partial charge in [-0.05, 0) is 58.4 Å². The molecule has 114 valence electrons. The van der Waals surface area contributed by atoms with E-state index in [2.05, 4.69) is 34.2 Å². The molecule has 2 aromatic heterocycles. The fourth-order valence-electron chi connectivity index (χ4n) is 2.53. The molecule has 0 bridgehead atoms. The molecule has 5 heteroatoms. The zero-order valence-corrected chi connectivity index (χ0v) is 13.6. The van der Waals surface area contributed by atoms with E-state index >= 15 is 0 Å². The molecule has 0 unspecified atom stereocenters. The first-order valence-corrected chi connectivity index (χ1v) is 7.31. The van der Waals surface area contributed by atoms with Crippen molar-refractivity contribution in [2.24, 2.45) is 0 Å². The highest BCUT2D eigenvalue weighted by atomic mass is 16.5. The predicted molar refractivity (Wildman–Crippen MR) is 86.1 cm³/mol. The van der Waals surface area contributed by atoms with E-state index in [9.17, 15) is 0 Å². The monoisotopic (exact) mass is 296 g/mol. The summed E-state index contributed by atoms with van der Waals surface area (Å²) in [7, 11) is 0. The van der Waals surface area contributed by atoms with Crippen molar-refractivity contribution in [1.82, 2.24) is 19.6 Å². The summed E-state index contributed by atoms with van der Waals surface area (Å²) in [6.45, 7) is 10.2. The van der Waals surface area contributed by atoms with Crippen molar-refractivity contribution in [3.05, 3.63) is 41.9 Å². The van der Waals surface area contributed by atoms with E-state index < -0.39 is 0 Å². The number of fused-ring (bicyclic) bond motifs is 1. The summed E-state index contributed by atoms with van der Waals surface area (Å²) in [6, 6.07) is 6.12. The molecule has 0 aliphatic rings. The van der Waals surface area contributed by atoms with Crippen LogP contribution >= 0.6 is 0 Å². The maximum Gasteiger partial charge on any atom is 0.254 e. The average Bonchev–Trinajstić information content (AvgIpc) is 2.86. The van der Waals surface area contributed by atoms with E-state index in [1.165, 1.54) is 0 Å². The molecule has 2 heterocycles. The third-order valence-corrected chi connectivity index (χ3v) is 3.37. The Labute approximate surface area is 130 Å². The minimum Gasteiger partial charge on any atom is -0.488 e. The summed E-state index contributed by atoms with van der Waals surface area (Å²) in [5.74, 6) is 1.48. The van der Waals surface area contributed by atoms with Crippen LogP contribution < -0.4 is 4.74 Å². The van der Waals surface area contributed by atoms with E-state index in [1.807, 2.05) is 44.4 Å². The van der Waals surface area contributed by atoms with Gasteiger partial charge in [0.1, 0.15) is 11.4 Å². The molecule has 0 amide bonds. The Bertz CT molecular complexity index is 830. The van der Waals surface area contributed by atoms with Crippen LogP contribution in [0.5, 0.6) is 5.75 Å². The standard InChI is InChI=1S/C17H20N4O/c1-11-10-13(22-17(3,4)5)6-7-14(11)15-12(2)19-20-16-18-8-9-21(15)16/h6-10H,1-5H3. The molecule has 0 aliphatic carbocycles. The number of imidazole rings is 1. The van der Waals surface area contributed by atoms with Gasteiger partial charge in [0.25, 0.3) is 5.78 Å². The zero-order valence-electron chi connectivity index (χ0n) is 13.6. The lowest BCUT2D eigenvalue weighted by Gasteiger charge is -2.22. The fourth-order valence-corrected chi connectivity index (χ4v) is 2.53. The Kier molecular flexibility index (Phi) is 3.35. The summed E-state index contributed by atoms with van der Waals surface area (Å²) >= 11 is 0. The van der Waals surface area contributed by atoms with Gasteiger partial charge in [-0.25, -0.2) is 4.98 Å². The van der Waals surface area contributed by atoms with E-state index in [-0.39, 0.29) is 5.60 Å². The highest BCUT2D eigenvalue weighted by Crippen LogP contribution is 2.29. The summed E-state index contributed by atoms with van der Waals surface area (Å²) in [4.78, 5) is 4.21. The normalized spacial score (nSPS) is 11.9. The number of rotatable bonds is 2. The molecule has 5 nitrogen and oxygen atoms in total. The second-order valence-electron chi connectivity index (χ2n) is 6.42. The van der Waals surface area contributed by atoms with Crippen molar-refractivity contribution in [3.8, 4) is 17.0 Å². The minimum absolute atomic E-state index is 0.209. The SMILES string of the molecule is Cc1cc(OC(C)(C)C)ccc1-c1c(C)nnc2nccn12. The molecule has 1 aromatic carbocycles. The molecule has 0 fully saturated rings. The second kappa shape index (κ2) is 5.09. The first-order valence-electron chi connectivity index (χ1n) is 7.31. The summed E-state index contributed by atoms with van der Waals surface area (Å²) < 4.78 is 7.90. The van der Waals surface area contributed by atoms with E-state index in [0.717, 1.165) is 28.3 Å². The van der Waals surface area contributed by atoms with Gasteiger partial charge in [0.2, 0.25) is 0 Å². The highest BCUT2D eigenvalue weighted by molar-refractivity contribution is 5.68. The van der Waals surface area contributed by atoms with Gasteiger partial charge in [0, 0.05) is 18.0 Å². The second-order valence-corrected chi connectivity index (χ2v) is 6.42. The highest BCUT2D eigenvalue weighted by Gasteiger charge is 2.15. The lowest BCUT2D eigenvalue weighted by Crippen LogP contribution is -2.22. The molecule has 0 spiro atoms. The van der Waals surface area contributed by atoms with Crippen molar-refractivity contribution in [2.75, 3.05) is 0 Å². The third-order valence-electron chi connectivity index (χ3n) is 3.37. The smallest absolute Gasteiger partial charge is 0.254 e. The van der Waals surface area contributed by atoms with Gasteiger partial charge in [-0.15, -0.1) is 10.2 Å². The number of hydrogen-bond donors (Lipinski definition) is 0. The van der Waals surface area contributed by atoms with Crippen molar-refractivity contribution in [3.63, 3.8) is 0 Å². The van der Waals surface area contributed by atoms with E-state index in [1.54, 1.807) is 6.20 Å². The lowest BCUT2D eigenvalue weighted by molar-refractivity contribution is 0.131. The first-order chi connectivity index (χ1) is 10.3. The van der Waals surface area contributed by atoms with Crippen LogP contribution in [0.4, 0.5) is 0 Å². The van der Waals surface area contributed by atoms with Crippen LogP contribution in [0.3, 0.4) is 0 Å². The lowest BCUT2D eigenvalue weighted by atomic mass is 10.0. The molecular weight excluding hydrogens is 276 g/mol. The van der Waals surface area contributed by atoms with Crippen molar-refractivity contribution in [2.45, 2.75) is 40.2 Å². The molecule has 0 saturated heterocycles. The minimum atomic E-state index is -0.209. The third kappa shape index (κ3) is 2.66. The van der Waals surface area contributed by atoms with Gasteiger partial charge < -0.3 is 4.74 Å². The van der Waals surface area contributed by atoms with E-state index in [0.29, 0.717) is 5.78 Å². The Hall–Kier alpha value is -2.43. The molecule has 3 aromatic rings. The summed E-state index contributed by atoms with van der Waals surface area (Å²) in [5, 5.41) is 8.31. The topological polar surface area (TPSA) is 52.3 Å². The van der Waals surface area contributed by atoms with E-state index in [4.69, 9.17) is 4.74 Å². The number of benzene rings is 1. The Morgan fingerprint density at radius 3 is 2.55 bits per heavy atom. The molecule has 22 heavy (non-hydrogen) atoms. The molecule has 0 N–H and O–H groups in total. The summed E-state index contributed by atoms with van der Waals surface area (Å²) in [5.41, 5.74) is 3.92. The van der Waals surface area contributed by atoms with Crippen LogP contribution in [-0.2, 0) is 0 Å². The van der Waals surface area contributed by atoms with Gasteiger partial charge >= 0.3 is 0 Å². The number of hydrogen-bond acceptors (Lipinski definition) is 4. The van der Waals surface area contributed by atoms with Crippen LogP contribution in [0.25, 0.3) is 17.0 Å². The molecule has 0 saturated carbocycles. The number of aromatic nitrogens is 4. The predicted octanol–water partition coefficient (Wildman–Crippen LogP) is 3.59. The zero-order chi connectivity index (χ0) is 15.9. The Morgan fingerprint density at radius 2 is 1.86 bits per heavy atom. The van der Waals surface area contributed by atoms with Gasteiger partial charge in [0.05, 0.1) is 11.4 Å². The van der Waals surface area contributed by atoms with Gasteiger partial charge in [-0.2, -0.15) is 0 Å². The van der Waals surface area contributed by atoms with Crippen LogP contribution in [0.2, 0.25) is 0 Å². The van der Waals surface area contributed by atoms with Crippen LogP contribution in [0.15, 0.2) is 30.6 Å². The quantitative estimate of drug-likeness (QED) is 0.725. The van der Waals surface area contributed by atoms with Crippen LogP contribution in [0, 0.1) is 13.8 Å². The average molecular weight is 296 g/mol. The maximum atomic E-state index is 5.93. The molecule has 0 atom stereocenters. The molecule has 0 aliphatic heterocycles. The fraction of sp³-hybridized carbons (Fsp3) is 0.353. The summed E-state index contributed by atoms with van der Waals surface area (Å²) in [6.07, 6.45) is 3.64. The van der Waals surface area contributed by atoms with Crippen molar-refractivity contribution in [1.29, 1.82) is 0 Å². The van der Waals surface area contributed by atoms with Crippen LogP contribution in [0.1, 0.15) is 32.0 Å². The van der Waals surface area contributed by atoms with Crippen LogP contribution in [-0.4, -0.2) is 25.2 Å². The van der Waals surface area contributed by atoms with Crippen molar-refractivity contribution < 1.29 is 4.74 Å². The molecule has 3 rings (SSSR count). The van der Waals surface area contributed by atoms with Gasteiger partial charge in [0.15, 0.2) is 0 Å². The maximum absolute atomic E-state index is 5.93. The molecule has 0 radical (unpaired) electrons. The largest absolute Gasteiger partial charge is 0.488 e. The Balaban J connectivity index is 2.12. The number of nitrogens with zero attached hydrogens (tertiary/aromatic N) is 4. The number of ether oxygens (including phenoxy) is 1.